The molecule has 5 aromatic carbocycles. The van der Waals surface area contributed by atoms with Gasteiger partial charge in [0.25, 0.3) is 0 Å². The maximum absolute atomic E-state index is 11.5. The summed E-state index contributed by atoms with van der Waals surface area (Å²) in [5.41, 5.74) is 4.32. The molecule has 5 aromatic rings. The van der Waals surface area contributed by atoms with Gasteiger partial charge < -0.3 is 10.2 Å². The minimum Gasteiger partial charge on any atom is -0.507 e. The Morgan fingerprint density at radius 3 is 1.83 bits per heavy atom. The van der Waals surface area contributed by atoms with E-state index in [0.29, 0.717) is 0 Å². The van der Waals surface area contributed by atoms with Crippen molar-refractivity contribution in [3.63, 3.8) is 0 Å². The Hall–Kier alpha value is -3.62. The monoisotopic (exact) mass is 390 g/mol. The van der Waals surface area contributed by atoms with E-state index < -0.39 is 6.10 Å². The van der Waals surface area contributed by atoms with Crippen LogP contribution in [0.3, 0.4) is 0 Å². The lowest BCUT2D eigenvalue weighted by Crippen LogP contribution is -2.04. The van der Waals surface area contributed by atoms with Crippen LogP contribution in [-0.2, 0) is 0 Å². The van der Waals surface area contributed by atoms with Gasteiger partial charge in [-0.05, 0) is 56.8 Å². The molecule has 0 aromatic heterocycles. The first kappa shape index (κ1) is 18.4. The van der Waals surface area contributed by atoms with Gasteiger partial charge in [-0.1, -0.05) is 91.0 Å². The average Bonchev–Trinajstić information content (AvgIpc) is 2.78. The highest BCUT2D eigenvalue weighted by molar-refractivity contribution is 6.08. The van der Waals surface area contributed by atoms with E-state index in [9.17, 15) is 10.2 Å². The summed E-state index contributed by atoms with van der Waals surface area (Å²) in [6, 6.07) is 31.7. The molecule has 1 unspecified atom stereocenters. The van der Waals surface area contributed by atoms with Crippen molar-refractivity contribution in [2.75, 3.05) is 0 Å². The highest BCUT2D eigenvalue weighted by Crippen LogP contribution is 2.44. The van der Waals surface area contributed by atoms with Gasteiger partial charge in [0.1, 0.15) is 11.9 Å². The van der Waals surface area contributed by atoms with Gasteiger partial charge in [0.05, 0.1) is 0 Å². The highest BCUT2D eigenvalue weighted by atomic mass is 16.3. The Labute approximate surface area is 175 Å². The van der Waals surface area contributed by atoms with E-state index >= 15 is 0 Å². The van der Waals surface area contributed by atoms with E-state index in [1.165, 1.54) is 0 Å². The number of aliphatic hydroxyl groups is 1. The van der Waals surface area contributed by atoms with Gasteiger partial charge >= 0.3 is 0 Å². The van der Waals surface area contributed by atoms with Crippen LogP contribution in [-0.4, -0.2) is 10.2 Å². The van der Waals surface area contributed by atoms with Crippen LogP contribution in [0.25, 0.3) is 32.7 Å². The number of phenolic OH excluding ortho intramolecular Hbond substituents is 1. The van der Waals surface area contributed by atoms with Gasteiger partial charge in [0.15, 0.2) is 0 Å². The molecule has 0 heterocycles. The summed E-state index contributed by atoms with van der Waals surface area (Å²) in [7, 11) is 0. The number of aliphatic hydroxyl groups excluding tert-OH is 1. The van der Waals surface area contributed by atoms with Crippen molar-refractivity contribution in [3.05, 3.63) is 114 Å². The predicted octanol–water partition coefficient (Wildman–Crippen LogP) is 6.76. The first-order valence-corrected chi connectivity index (χ1v) is 10.1. The standard InChI is InChI=1S/C28H22O2/c1-18-8-2-5-11-21(18)28(30)24-16-14-19-9-3-6-12-22(19)26(24)27-23-13-7-4-10-20(23)15-17-25(27)29/h2-17,28-30H,1H3. The second-order valence-electron chi connectivity index (χ2n) is 7.69. The van der Waals surface area contributed by atoms with Gasteiger partial charge in [-0.3, -0.25) is 0 Å². The fourth-order valence-electron chi connectivity index (χ4n) is 4.38. The lowest BCUT2D eigenvalue weighted by Gasteiger charge is -2.21. The lowest BCUT2D eigenvalue weighted by molar-refractivity contribution is 0.220. The van der Waals surface area contributed by atoms with Gasteiger partial charge in [-0.2, -0.15) is 0 Å². The molecule has 0 amide bonds. The van der Waals surface area contributed by atoms with Crippen LogP contribution in [0.15, 0.2) is 97.1 Å². The SMILES string of the molecule is Cc1ccccc1C(O)c1ccc2ccccc2c1-c1c(O)ccc2ccccc12. The predicted molar refractivity (Wildman–Crippen MR) is 124 cm³/mol. The molecule has 2 nitrogen and oxygen atoms in total. The van der Waals surface area contributed by atoms with Crippen molar-refractivity contribution >= 4 is 21.5 Å². The zero-order chi connectivity index (χ0) is 20.7. The van der Waals surface area contributed by atoms with Gasteiger partial charge in [0.2, 0.25) is 0 Å². The first-order chi connectivity index (χ1) is 14.6. The minimum absolute atomic E-state index is 0.211. The van der Waals surface area contributed by atoms with E-state index in [2.05, 4.69) is 12.1 Å². The quantitative estimate of drug-likeness (QED) is 0.357. The van der Waals surface area contributed by atoms with Gasteiger partial charge in [-0.25, -0.2) is 0 Å². The Morgan fingerprint density at radius 2 is 1.13 bits per heavy atom. The normalized spacial score (nSPS) is 12.3. The molecule has 0 aliphatic heterocycles. The maximum Gasteiger partial charge on any atom is 0.124 e. The topological polar surface area (TPSA) is 40.5 Å². The van der Waals surface area contributed by atoms with Crippen LogP contribution in [0, 0.1) is 6.92 Å². The Balaban J connectivity index is 1.90. The third-order valence-corrected chi connectivity index (χ3v) is 5.90. The number of fused-ring (bicyclic) bond motifs is 2. The highest BCUT2D eigenvalue weighted by Gasteiger charge is 2.22. The molecular formula is C28H22O2. The van der Waals surface area contributed by atoms with Crippen molar-refractivity contribution in [1.29, 1.82) is 0 Å². The Kier molecular flexibility index (Phi) is 4.50. The summed E-state index contributed by atoms with van der Waals surface area (Å²) >= 11 is 0. The molecule has 0 fully saturated rings. The molecule has 0 saturated heterocycles. The van der Waals surface area contributed by atoms with E-state index in [1.807, 2.05) is 85.8 Å². The minimum atomic E-state index is -0.802. The zero-order valence-electron chi connectivity index (χ0n) is 16.7. The molecular weight excluding hydrogens is 368 g/mol. The zero-order valence-corrected chi connectivity index (χ0v) is 16.7. The van der Waals surface area contributed by atoms with Crippen molar-refractivity contribution in [3.8, 4) is 16.9 Å². The number of phenols is 1. The summed E-state index contributed by atoms with van der Waals surface area (Å²) in [5.74, 6) is 0.211. The molecule has 30 heavy (non-hydrogen) atoms. The molecule has 0 aliphatic rings. The number of benzene rings is 5. The molecule has 1 atom stereocenters. The van der Waals surface area contributed by atoms with Gasteiger partial charge in [-0.15, -0.1) is 0 Å². The van der Waals surface area contributed by atoms with Gasteiger partial charge in [0, 0.05) is 5.56 Å². The van der Waals surface area contributed by atoms with Crippen molar-refractivity contribution in [2.24, 2.45) is 0 Å². The second-order valence-corrected chi connectivity index (χ2v) is 7.69. The molecule has 0 spiro atoms. The first-order valence-electron chi connectivity index (χ1n) is 10.1. The molecule has 5 rings (SSSR count). The number of hydrogen-bond donors (Lipinski definition) is 2. The van der Waals surface area contributed by atoms with Crippen LogP contribution in [0.1, 0.15) is 22.8 Å². The fraction of sp³-hybridized carbons (Fsp3) is 0.0714. The van der Waals surface area contributed by atoms with E-state index in [0.717, 1.165) is 49.4 Å². The Bertz CT molecular complexity index is 1380. The van der Waals surface area contributed by atoms with Crippen LogP contribution < -0.4 is 0 Å². The van der Waals surface area contributed by atoms with E-state index in [1.54, 1.807) is 6.07 Å². The second kappa shape index (κ2) is 7.33. The molecule has 0 aliphatic carbocycles. The number of aromatic hydroxyl groups is 1. The maximum atomic E-state index is 11.5. The van der Waals surface area contributed by atoms with Crippen LogP contribution in [0.5, 0.6) is 5.75 Å². The third-order valence-electron chi connectivity index (χ3n) is 5.90. The van der Waals surface area contributed by atoms with Crippen molar-refractivity contribution in [1.82, 2.24) is 0 Å². The molecule has 0 radical (unpaired) electrons. The average molecular weight is 390 g/mol. The number of rotatable bonds is 3. The smallest absolute Gasteiger partial charge is 0.124 e. The number of aryl methyl sites for hydroxylation is 1. The van der Waals surface area contributed by atoms with E-state index in [-0.39, 0.29) is 5.75 Å². The fourth-order valence-corrected chi connectivity index (χ4v) is 4.38. The summed E-state index contributed by atoms with van der Waals surface area (Å²) in [6.45, 7) is 2.01. The Morgan fingerprint density at radius 1 is 0.567 bits per heavy atom. The molecule has 2 heteroatoms. The number of hydrogen-bond acceptors (Lipinski definition) is 2. The molecule has 0 saturated carbocycles. The summed E-state index contributed by atoms with van der Waals surface area (Å²) in [4.78, 5) is 0. The van der Waals surface area contributed by atoms with Crippen LogP contribution in [0.4, 0.5) is 0 Å². The summed E-state index contributed by atoms with van der Waals surface area (Å²) in [6.07, 6.45) is -0.802. The van der Waals surface area contributed by atoms with Crippen molar-refractivity contribution in [2.45, 2.75) is 13.0 Å². The largest absolute Gasteiger partial charge is 0.507 e. The molecule has 2 N–H and O–H groups in total. The summed E-state index contributed by atoms with van der Waals surface area (Å²) < 4.78 is 0. The summed E-state index contributed by atoms with van der Waals surface area (Å²) in [5, 5.41) is 26.5. The van der Waals surface area contributed by atoms with Crippen molar-refractivity contribution < 1.29 is 10.2 Å². The third kappa shape index (κ3) is 2.94. The molecule has 0 bridgehead atoms. The molecule has 146 valence electrons. The van der Waals surface area contributed by atoms with Crippen LogP contribution >= 0.6 is 0 Å². The van der Waals surface area contributed by atoms with Crippen LogP contribution in [0.2, 0.25) is 0 Å². The van der Waals surface area contributed by atoms with E-state index in [4.69, 9.17) is 0 Å². The lowest BCUT2D eigenvalue weighted by atomic mass is 9.85.